The minimum Gasteiger partial charge on any atom is -0.497 e. The number of imidazole rings is 1. The molecule has 0 aliphatic carbocycles. The van der Waals surface area contributed by atoms with Crippen molar-refractivity contribution >= 4 is 27.5 Å². The lowest BCUT2D eigenvalue weighted by Crippen LogP contribution is -1.98. The molecule has 5 nitrogen and oxygen atoms in total. The molecule has 0 atom stereocenters. The number of hydrogen-bond acceptors (Lipinski definition) is 3. The van der Waals surface area contributed by atoms with Crippen LogP contribution in [-0.2, 0) is 0 Å². The van der Waals surface area contributed by atoms with Gasteiger partial charge in [0.05, 0.1) is 12.7 Å². The number of aromatic nitrogens is 2. The maximum atomic E-state index is 11.0. The fourth-order valence-electron chi connectivity index (χ4n) is 2.08. The van der Waals surface area contributed by atoms with Gasteiger partial charge in [-0.05, 0) is 52.3 Å². The van der Waals surface area contributed by atoms with E-state index in [-0.39, 0.29) is 5.56 Å². The highest BCUT2D eigenvalue weighted by atomic mass is 79.9. The second-order valence-electron chi connectivity index (χ2n) is 4.43. The topological polar surface area (TPSA) is 63.8 Å². The highest BCUT2D eigenvalue weighted by Gasteiger charge is 2.13. The lowest BCUT2D eigenvalue weighted by atomic mass is 10.2. The Kier molecular flexibility index (Phi) is 3.39. The fourth-order valence-corrected chi connectivity index (χ4v) is 2.68. The molecule has 1 aromatic carbocycles. The minimum atomic E-state index is -0.969. The van der Waals surface area contributed by atoms with Gasteiger partial charge in [0.2, 0.25) is 0 Å². The number of halogens is 1. The SMILES string of the molecule is COc1ccc(-c2nc3ccc(C(=O)O)cn3c2Br)cc1. The van der Waals surface area contributed by atoms with Crippen molar-refractivity contribution in [1.29, 1.82) is 0 Å². The summed E-state index contributed by atoms with van der Waals surface area (Å²) >= 11 is 3.48. The molecule has 0 radical (unpaired) electrons. The van der Waals surface area contributed by atoms with Gasteiger partial charge in [-0.25, -0.2) is 9.78 Å². The van der Waals surface area contributed by atoms with Crippen LogP contribution in [0.15, 0.2) is 47.2 Å². The first-order valence-electron chi connectivity index (χ1n) is 6.15. The normalized spacial score (nSPS) is 10.8. The third-order valence-corrected chi connectivity index (χ3v) is 3.93. The number of aromatic carboxylic acids is 1. The number of fused-ring (bicyclic) bond motifs is 1. The van der Waals surface area contributed by atoms with Gasteiger partial charge in [-0.3, -0.25) is 4.40 Å². The van der Waals surface area contributed by atoms with E-state index >= 15 is 0 Å². The molecule has 21 heavy (non-hydrogen) atoms. The Morgan fingerprint density at radius 2 is 1.95 bits per heavy atom. The van der Waals surface area contributed by atoms with E-state index in [4.69, 9.17) is 9.84 Å². The second-order valence-corrected chi connectivity index (χ2v) is 5.18. The number of carbonyl (C=O) groups is 1. The van der Waals surface area contributed by atoms with Crippen LogP contribution in [0.25, 0.3) is 16.9 Å². The van der Waals surface area contributed by atoms with Gasteiger partial charge in [-0.2, -0.15) is 0 Å². The Balaban J connectivity index is 2.14. The summed E-state index contributed by atoms with van der Waals surface area (Å²) in [5.74, 6) is -0.199. The van der Waals surface area contributed by atoms with Gasteiger partial charge in [-0.15, -0.1) is 0 Å². The number of carboxylic acids is 1. The van der Waals surface area contributed by atoms with Gasteiger partial charge >= 0.3 is 5.97 Å². The van der Waals surface area contributed by atoms with E-state index < -0.39 is 5.97 Å². The van der Waals surface area contributed by atoms with Crippen LogP contribution in [0.1, 0.15) is 10.4 Å². The minimum absolute atomic E-state index is 0.210. The van der Waals surface area contributed by atoms with Crippen LogP contribution in [0, 0.1) is 0 Å². The van der Waals surface area contributed by atoms with Crippen molar-refractivity contribution in [3.63, 3.8) is 0 Å². The standard InChI is InChI=1S/C15H11BrN2O3/c1-21-11-5-2-9(3-6-11)13-14(16)18-8-10(15(19)20)4-7-12(18)17-13/h2-8H,1H3,(H,19,20). The van der Waals surface area contributed by atoms with E-state index in [1.165, 1.54) is 6.07 Å². The van der Waals surface area contributed by atoms with Crippen LogP contribution < -0.4 is 4.74 Å². The van der Waals surface area contributed by atoms with E-state index in [9.17, 15) is 4.79 Å². The van der Waals surface area contributed by atoms with Gasteiger partial charge in [0, 0.05) is 11.8 Å². The Bertz CT molecular complexity index is 825. The second kappa shape index (κ2) is 5.21. The van der Waals surface area contributed by atoms with Gasteiger partial charge in [0.1, 0.15) is 21.7 Å². The summed E-state index contributed by atoms with van der Waals surface area (Å²) in [7, 11) is 1.61. The zero-order chi connectivity index (χ0) is 15.0. The van der Waals surface area contributed by atoms with E-state index in [0.29, 0.717) is 10.3 Å². The number of carboxylic acid groups (broad SMARTS) is 1. The number of methoxy groups -OCH3 is 1. The Morgan fingerprint density at radius 3 is 2.57 bits per heavy atom. The number of benzene rings is 1. The molecule has 0 fully saturated rings. The van der Waals surface area contributed by atoms with E-state index in [2.05, 4.69) is 20.9 Å². The van der Waals surface area contributed by atoms with E-state index in [1.54, 1.807) is 23.8 Å². The molecule has 6 heteroatoms. The van der Waals surface area contributed by atoms with Crippen molar-refractivity contribution in [2.45, 2.75) is 0 Å². The van der Waals surface area contributed by atoms with Gasteiger partial charge in [0.25, 0.3) is 0 Å². The summed E-state index contributed by atoms with van der Waals surface area (Å²) in [6, 6.07) is 10.7. The highest BCUT2D eigenvalue weighted by Crippen LogP contribution is 2.30. The average Bonchev–Trinajstić information content (AvgIpc) is 2.84. The molecule has 0 aliphatic heterocycles. The number of rotatable bonds is 3. The monoisotopic (exact) mass is 346 g/mol. The molecule has 0 aliphatic rings. The van der Waals surface area contributed by atoms with Crippen LogP contribution in [0.2, 0.25) is 0 Å². The smallest absolute Gasteiger partial charge is 0.337 e. The summed E-state index contributed by atoms with van der Waals surface area (Å²) in [5, 5.41) is 9.05. The molecule has 0 unspecified atom stereocenters. The summed E-state index contributed by atoms with van der Waals surface area (Å²) in [4.78, 5) is 15.6. The first kappa shape index (κ1) is 13.6. The van der Waals surface area contributed by atoms with Crippen molar-refractivity contribution in [2.75, 3.05) is 7.11 Å². The Morgan fingerprint density at radius 1 is 1.24 bits per heavy atom. The number of pyridine rings is 1. The predicted molar refractivity (Wildman–Crippen MR) is 81.8 cm³/mol. The first-order chi connectivity index (χ1) is 10.1. The van der Waals surface area contributed by atoms with Crippen molar-refractivity contribution in [1.82, 2.24) is 9.38 Å². The molecule has 0 saturated carbocycles. The van der Waals surface area contributed by atoms with Crippen LogP contribution in [0.5, 0.6) is 5.75 Å². The molecule has 2 aromatic heterocycles. The van der Waals surface area contributed by atoms with E-state index in [1.807, 2.05) is 24.3 Å². The average molecular weight is 347 g/mol. The number of nitrogens with zero attached hydrogens (tertiary/aromatic N) is 2. The van der Waals surface area contributed by atoms with Crippen molar-refractivity contribution in [2.24, 2.45) is 0 Å². The predicted octanol–water partition coefficient (Wildman–Crippen LogP) is 3.47. The summed E-state index contributed by atoms with van der Waals surface area (Å²) in [5.41, 5.74) is 2.56. The Hall–Kier alpha value is -2.34. The van der Waals surface area contributed by atoms with Crippen LogP contribution in [-0.4, -0.2) is 27.6 Å². The summed E-state index contributed by atoms with van der Waals surface area (Å²) < 4.78 is 7.56. The summed E-state index contributed by atoms with van der Waals surface area (Å²) in [6.45, 7) is 0. The largest absolute Gasteiger partial charge is 0.497 e. The number of ether oxygens (including phenoxy) is 1. The lowest BCUT2D eigenvalue weighted by molar-refractivity contribution is 0.0696. The van der Waals surface area contributed by atoms with Crippen LogP contribution in [0.3, 0.4) is 0 Å². The molecule has 2 heterocycles. The fraction of sp³-hybridized carbons (Fsp3) is 0.0667. The third kappa shape index (κ3) is 2.38. The van der Waals surface area contributed by atoms with Gasteiger partial charge < -0.3 is 9.84 Å². The van der Waals surface area contributed by atoms with Crippen LogP contribution >= 0.6 is 15.9 Å². The molecule has 0 spiro atoms. The molecule has 106 valence electrons. The molecule has 0 bridgehead atoms. The van der Waals surface area contributed by atoms with Crippen molar-refractivity contribution < 1.29 is 14.6 Å². The zero-order valence-corrected chi connectivity index (χ0v) is 12.7. The lowest BCUT2D eigenvalue weighted by Gasteiger charge is -2.01. The molecule has 3 rings (SSSR count). The third-order valence-electron chi connectivity index (χ3n) is 3.17. The van der Waals surface area contributed by atoms with E-state index in [0.717, 1.165) is 17.0 Å². The maximum absolute atomic E-state index is 11.0. The zero-order valence-electron chi connectivity index (χ0n) is 11.1. The van der Waals surface area contributed by atoms with Gasteiger partial charge in [0.15, 0.2) is 0 Å². The summed E-state index contributed by atoms with van der Waals surface area (Å²) in [6.07, 6.45) is 1.54. The molecule has 3 aromatic rings. The van der Waals surface area contributed by atoms with Crippen molar-refractivity contribution in [3.05, 3.63) is 52.8 Å². The first-order valence-corrected chi connectivity index (χ1v) is 6.95. The quantitative estimate of drug-likeness (QED) is 0.788. The molecule has 0 amide bonds. The molecule has 0 saturated heterocycles. The van der Waals surface area contributed by atoms with Crippen LogP contribution in [0.4, 0.5) is 0 Å². The molecular weight excluding hydrogens is 336 g/mol. The molecular formula is C15H11BrN2O3. The van der Waals surface area contributed by atoms with Gasteiger partial charge in [-0.1, -0.05) is 0 Å². The number of hydrogen-bond donors (Lipinski definition) is 1. The van der Waals surface area contributed by atoms with Crippen molar-refractivity contribution in [3.8, 4) is 17.0 Å². The maximum Gasteiger partial charge on any atom is 0.337 e. The highest BCUT2D eigenvalue weighted by molar-refractivity contribution is 9.10. The molecule has 1 N–H and O–H groups in total. The Labute approximate surface area is 128 Å².